The molecule has 33 heavy (non-hydrogen) atoms. The van der Waals surface area contributed by atoms with Gasteiger partial charge >= 0.3 is 0 Å². The number of aromatic nitrogens is 4. The summed E-state index contributed by atoms with van der Waals surface area (Å²) in [6.07, 6.45) is 5.22. The zero-order chi connectivity index (χ0) is 22.2. The van der Waals surface area contributed by atoms with Crippen LogP contribution in [0.5, 0.6) is 0 Å². The number of anilines is 1. The summed E-state index contributed by atoms with van der Waals surface area (Å²) in [5.74, 6) is 2.45. The van der Waals surface area contributed by atoms with E-state index in [1.165, 1.54) is 12.8 Å². The average Bonchev–Trinajstić information content (AvgIpc) is 3.72. The topological polar surface area (TPSA) is 83.1 Å². The largest absolute Gasteiger partial charge is 0.378 e. The summed E-state index contributed by atoms with van der Waals surface area (Å²) < 4.78 is 7.62. The molecule has 0 bridgehead atoms. The molecule has 168 valence electrons. The standard InChI is InChI=1S/C25H27N7O/c1-17-28-22(31-7-6-30-8-9-33-14-20(30)13-31)11-23(29-17)32-21-10-19(3-2-18(21)12-27-32)25(16-26)15-24(25)4-5-24/h2-3,10-12,20H,4-9,13-15H2,1H3/t20-,25+/m0/s1. The molecule has 1 spiro atoms. The van der Waals surface area contributed by atoms with Gasteiger partial charge in [0.05, 0.1) is 42.5 Å². The lowest BCUT2D eigenvalue weighted by molar-refractivity contribution is -0.0117. The number of nitriles is 1. The number of morpholine rings is 1. The first-order valence-electron chi connectivity index (χ1n) is 11.9. The Morgan fingerprint density at radius 2 is 2.00 bits per heavy atom. The molecule has 2 aliphatic carbocycles. The van der Waals surface area contributed by atoms with E-state index in [1.54, 1.807) is 0 Å². The number of fused-ring (bicyclic) bond motifs is 2. The Morgan fingerprint density at radius 1 is 1.12 bits per heavy atom. The van der Waals surface area contributed by atoms with Crippen molar-refractivity contribution in [2.75, 3.05) is 44.3 Å². The highest BCUT2D eigenvalue weighted by Crippen LogP contribution is 2.78. The van der Waals surface area contributed by atoms with E-state index >= 15 is 0 Å². The monoisotopic (exact) mass is 441 g/mol. The molecule has 4 heterocycles. The number of benzene rings is 1. The van der Waals surface area contributed by atoms with Gasteiger partial charge in [0.1, 0.15) is 11.6 Å². The number of piperazine rings is 1. The van der Waals surface area contributed by atoms with Crippen LogP contribution < -0.4 is 4.90 Å². The van der Waals surface area contributed by atoms with E-state index in [0.29, 0.717) is 6.04 Å². The summed E-state index contributed by atoms with van der Waals surface area (Å²) >= 11 is 0. The molecule has 2 aliphatic heterocycles. The van der Waals surface area contributed by atoms with Gasteiger partial charge in [-0.15, -0.1) is 0 Å². The van der Waals surface area contributed by atoms with E-state index in [1.807, 2.05) is 23.9 Å². The molecular formula is C25H27N7O. The Kier molecular flexibility index (Phi) is 3.98. The number of rotatable bonds is 3. The van der Waals surface area contributed by atoms with Gasteiger partial charge < -0.3 is 9.64 Å². The Morgan fingerprint density at radius 3 is 2.82 bits per heavy atom. The van der Waals surface area contributed by atoms with E-state index in [-0.39, 0.29) is 10.8 Å². The Balaban J connectivity index is 1.25. The van der Waals surface area contributed by atoms with Crippen LogP contribution in [0.4, 0.5) is 5.82 Å². The molecule has 1 aromatic carbocycles. The van der Waals surface area contributed by atoms with Crippen molar-refractivity contribution in [3.8, 4) is 11.9 Å². The lowest BCUT2D eigenvalue weighted by Gasteiger charge is -2.44. The third-order valence-electron chi connectivity index (χ3n) is 8.28. The molecule has 8 nitrogen and oxygen atoms in total. The molecule has 0 unspecified atom stereocenters. The van der Waals surface area contributed by atoms with Crippen LogP contribution in [0.2, 0.25) is 0 Å². The first kappa shape index (κ1) is 19.4. The van der Waals surface area contributed by atoms with E-state index in [4.69, 9.17) is 14.7 Å². The minimum Gasteiger partial charge on any atom is -0.378 e. The molecule has 2 saturated carbocycles. The minimum absolute atomic E-state index is 0.240. The van der Waals surface area contributed by atoms with Gasteiger partial charge in [-0.1, -0.05) is 12.1 Å². The molecule has 2 saturated heterocycles. The summed E-state index contributed by atoms with van der Waals surface area (Å²) in [6.45, 7) is 7.45. The van der Waals surface area contributed by atoms with Crippen LogP contribution in [0.15, 0.2) is 30.5 Å². The Bertz CT molecular complexity index is 1310. The SMILES string of the molecule is Cc1nc(N2CCN3CCOC[C@@H]3C2)cc(-n2ncc3ccc([C@]4(C#N)CC45CC5)cc32)n1. The second-order valence-electron chi connectivity index (χ2n) is 10.1. The van der Waals surface area contributed by atoms with Crippen molar-refractivity contribution in [1.29, 1.82) is 5.26 Å². The molecule has 0 amide bonds. The van der Waals surface area contributed by atoms with Gasteiger partial charge in [-0.25, -0.2) is 14.6 Å². The van der Waals surface area contributed by atoms with Crippen molar-refractivity contribution >= 4 is 16.7 Å². The summed E-state index contributed by atoms with van der Waals surface area (Å²) in [4.78, 5) is 14.4. The van der Waals surface area contributed by atoms with E-state index < -0.39 is 0 Å². The van der Waals surface area contributed by atoms with Gasteiger partial charge in [0, 0.05) is 37.6 Å². The van der Waals surface area contributed by atoms with Crippen molar-refractivity contribution in [2.45, 2.75) is 37.6 Å². The summed E-state index contributed by atoms with van der Waals surface area (Å²) in [5.41, 5.74) is 2.05. The zero-order valence-electron chi connectivity index (χ0n) is 18.9. The summed E-state index contributed by atoms with van der Waals surface area (Å²) in [5, 5.41) is 15.7. The maximum Gasteiger partial charge on any atom is 0.159 e. The zero-order valence-corrected chi connectivity index (χ0v) is 18.9. The Labute approximate surface area is 192 Å². The minimum atomic E-state index is -0.315. The number of hydrogen-bond acceptors (Lipinski definition) is 7. The highest BCUT2D eigenvalue weighted by molar-refractivity contribution is 5.82. The van der Waals surface area contributed by atoms with Gasteiger partial charge in [0.2, 0.25) is 0 Å². The quantitative estimate of drug-likeness (QED) is 0.618. The van der Waals surface area contributed by atoms with E-state index in [0.717, 1.165) is 79.7 Å². The van der Waals surface area contributed by atoms with Crippen LogP contribution in [0, 0.1) is 23.7 Å². The highest BCUT2D eigenvalue weighted by Gasteiger charge is 2.75. The van der Waals surface area contributed by atoms with Gasteiger partial charge in [0.15, 0.2) is 5.82 Å². The van der Waals surface area contributed by atoms with Gasteiger partial charge in [-0.3, -0.25) is 4.90 Å². The molecule has 8 heteroatoms. The maximum absolute atomic E-state index is 9.98. The first-order valence-corrected chi connectivity index (χ1v) is 11.9. The van der Waals surface area contributed by atoms with Crippen LogP contribution in [0.3, 0.4) is 0 Å². The predicted molar refractivity (Wildman–Crippen MR) is 123 cm³/mol. The number of nitrogens with zero attached hydrogens (tertiary/aromatic N) is 7. The smallest absolute Gasteiger partial charge is 0.159 e. The second kappa shape index (κ2) is 6.75. The first-order chi connectivity index (χ1) is 16.1. The van der Waals surface area contributed by atoms with Gasteiger partial charge in [-0.05, 0) is 43.2 Å². The number of ether oxygens (including phenoxy) is 1. The molecule has 7 rings (SSSR count). The van der Waals surface area contributed by atoms with Gasteiger partial charge in [-0.2, -0.15) is 10.4 Å². The van der Waals surface area contributed by atoms with Crippen LogP contribution in [-0.4, -0.2) is 70.1 Å². The second-order valence-corrected chi connectivity index (χ2v) is 10.1. The lowest BCUT2D eigenvalue weighted by Crippen LogP contribution is -2.58. The lowest BCUT2D eigenvalue weighted by atomic mass is 9.93. The third-order valence-corrected chi connectivity index (χ3v) is 8.28. The van der Waals surface area contributed by atoms with Gasteiger partial charge in [0.25, 0.3) is 0 Å². The van der Waals surface area contributed by atoms with Crippen LogP contribution in [-0.2, 0) is 10.2 Å². The molecule has 4 aliphatic rings. The summed E-state index contributed by atoms with van der Waals surface area (Å²) in [6, 6.07) is 11.5. The summed E-state index contributed by atoms with van der Waals surface area (Å²) in [7, 11) is 0. The molecule has 0 radical (unpaired) electrons. The predicted octanol–water partition coefficient (Wildman–Crippen LogP) is 2.59. The molecule has 2 atom stereocenters. The van der Waals surface area contributed by atoms with E-state index in [9.17, 15) is 5.26 Å². The Hall–Kier alpha value is -3.02. The van der Waals surface area contributed by atoms with Crippen LogP contribution in [0.25, 0.3) is 16.7 Å². The fraction of sp³-hybridized carbons (Fsp3) is 0.520. The fourth-order valence-electron chi connectivity index (χ4n) is 6.08. The number of hydrogen-bond donors (Lipinski definition) is 0. The van der Waals surface area contributed by atoms with Crippen molar-refractivity contribution in [3.05, 3.63) is 41.9 Å². The highest BCUT2D eigenvalue weighted by atomic mass is 16.5. The molecule has 2 aromatic heterocycles. The fourth-order valence-corrected chi connectivity index (χ4v) is 6.08. The normalized spacial score (nSPS) is 28.0. The van der Waals surface area contributed by atoms with E-state index in [2.05, 4.69) is 39.2 Å². The average molecular weight is 442 g/mol. The molecule has 0 N–H and O–H groups in total. The molecule has 3 aromatic rings. The van der Waals surface area contributed by atoms with Crippen LogP contribution >= 0.6 is 0 Å². The maximum atomic E-state index is 9.98. The number of aryl methyl sites for hydroxylation is 1. The van der Waals surface area contributed by atoms with Crippen molar-refractivity contribution in [2.24, 2.45) is 5.41 Å². The third kappa shape index (κ3) is 2.85. The van der Waals surface area contributed by atoms with Crippen molar-refractivity contribution < 1.29 is 4.74 Å². The van der Waals surface area contributed by atoms with Crippen LogP contribution in [0.1, 0.15) is 30.7 Å². The molecule has 4 fully saturated rings. The van der Waals surface area contributed by atoms with Crippen molar-refractivity contribution in [1.82, 2.24) is 24.6 Å². The molecular weight excluding hydrogens is 414 g/mol. The van der Waals surface area contributed by atoms with Crippen molar-refractivity contribution in [3.63, 3.8) is 0 Å².